The molecule has 7 N–H and O–H groups in total. The highest BCUT2D eigenvalue weighted by molar-refractivity contribution is 6.12. The van der Waals surface area contributed by atoms with Crippen LogP contribution in [0.5, 0.6) is 0 Å². The van der Waals surface area contributed by atoms with E-state index in [9.17, 15) is 33.6 Å². The van der Waals surface area contributed by atoms with Gasteiger partial charge in [-0.2, -0.15) is 5.10 Å². The van der Waals surface area contributed by atoms with Crippen LogP contribution in [0.25, 0.3) is 28.3 Å². The van der Waals surface area contributed by atoms with Crippen LogP contribution in [-0.2, 0) is 48.3 Å². The van der Waals surface area contributed by atoms with Gasteiger partial charge in [-0.05, 0) is 92.5 Å². The number of primary amides is 1. The fourth-order valence-electron chi connectivity index (χ4n) is 8.22. The van der Waals surface area contributed by atoms with Gasteiger partial charge in [-0.3, -0.25) is 33.9 Å². The maximum Gasteiger partial charge on any atom is 0.410 e. The molecule has 7 rings (SSSR count). The number of nitrogens with zero attached hydrogens (tertiary/aromatic N) is 7. The van der Waals surface area contributed by atoms with Crippen molar-refractivity contribution in [2.24, 2.45) is 11.7 Å². The maximum absolute atomic E-state index is 14.0. The number of anilines is 1. The molecule has 74 heavy (non-hydrogen) atoms. The second kappa shape index (κ2) is 25.6. The monoisotopic (exact) mass is 1010 g/mol. The Kier molecular flexibility index (Phi) is 18.3. The van der Waals surface area contributed by atoms with E-state index in [1.54, 1.807) is 47.5 Å². The third-order valence-electron chi connectivity index (χ3n) is 12.2. The number of imide groups is 1. The first-order valence-electron chi connectivity index (χ1n) is 24.6. The summed E-state index contributed by atoms with van der Waals surface area (Å²) in [6.45, 7) is 6.19. The number of aromatic amines is 1. The van der Waals surface area contributed by atoms with Gasteiger partial charge < -0.3 is 41.6 Å². The number of amides is 8. The van der Waals surface area contributed by atoms with Crippen molar-refractivity contribution < 1.29 is 38.3 Å². The zero-order valence-electron chi connectivity index (χ0n) is 41.6. The Morgan fingerprint density at radius 2 is 1.59 bits per heavy atom. The van der Waals surface area contributed by atoms with Gasteiger partial charge in [0.25, 0.3) is 11.8 Å². The minimum Gasteiger partial charge on any atom is -0.445 e. The molecule has 0 bridgehead atoms. The van der Waals surface area contributed by atoms with Crippen LogP contribution in [0.3, 0.4) is 0 Å². The lowest BCUT2D eigenvalue weighted by atomic mass is 10.0. The molecule has 0 radical (unpaired) electrons. The highest BCUT2D eigenvalue weighted by Gasteiger charge is 2.29. The molecule has 1 aliphatic rings. The zero-order chi connectivity index (χ0) is 52.6. The van der Waals surface area contributed by atoms with E-state index in [2.05, 4.69) is 36.3 Å². The number of rotatable bonds is 25. The lowest BCUT2D eigenvalue weighted by molar-refractivity contribution is -0.137. The number of imidazole rings is 1. The summed E-state index contributed by atoms with van der Waals surface area (Å²) in [4.78, 5) is 110. The van der Waals surface area contributed by atoms with Gasteiger partial charge in [0.1, 0.15) is 36.5 Å². The summed E-state index contributed by atoms with van der Waals surface area (Å²) in [6, 6.07) is 23.3. The van der Waals surface area contributed by atoms with Crippen molar-refractivity contribution in [3.8, 4) is 22.6 Å². The summed E-state index contributed by atoms with van der Waals surface area (Å²) in [5, 5.41) is 15.2. The quantitative estimate of drug-likeness (QED) is 0.0312. The van der Waals surface area contributed by atoms with E-state index in [4.69, 9.17) is 20.4 Å². The molecule has 1 aliphatic heterocycles. The van der Waals surface area contributed by atoms with E-state index in [0.717, 1.165) is 21.7 Å². The number of hydrogen-bond acceptors (Lipinski definition) is 12. The number of nitrogens with two attached hydrogens (primary N) is 1. The Morgan fingerprint density at radius 3 is 2.32 bits per heavy atom. The van der Waals surface area contributed by atoms with E-state index in [-0.39, 0.29) is 62.7 Å². The minimum atomic E-state index is -1.06. The predicted octanol–water partition coefficient (Wildman–Crippen LogP) is 5.37. The lowest BCUT2D eigenvalue weighted by Gasteiger charge is -2.25. The predicted molar refractivity (Wildman–Crippen MR) is 274 cm³/mol. The summed E-state index contributed by atoms with van der Waals surface area (Å²) in [7, 11) is 0. The highest BCUT2D eigenvalue weighted by atomic mass is 16.6. The van der Waals surface area contributed by atoms with Gasteiger partial charge in [-0.25, -0.2) is 24.1 Å². The van der Waals surface area contributed by atoms with Crippen LogP contribution in [0, 0.1) is 12.8 Å². The van der Waals surface area contributed by atoms with Crippen LogP contribution in [0.15, 0.2) is 110 Å². The van der Waals surface area contributed by atoms with Gasteiger partial charge in [-0.1, -0.05) is 68.8 Å². The summed E-state index contributed by atoms with van der Waals surface area (Å²) in [5.41, 5.74) is 11.6. The molecular formula is C53H61N13O8. The molecule has 0 spiro atoms. The number of unbranched alkanes of at least 4 members (excludes halogenated alkanes) is 2. The van der Waals surface area contributed by atoms with Crippen LogP contribution in [0.1, 0.15) is 75.0 Å². The van der Waals surface area contributed by atoms with Crippen LogP contribution in [0.2, 0.25) is 0 Å². The van der Waals surface area contributed by atoms with Gasteiger partial charge in [0.15, 0.2) is 5.65 Å². The van der Waals surface area contributed by atoms with Gasteiger partial charge in [-0.15, -0.1) is 0 Å². The Morgan fingerprint density at radius 1 is 0.824 bits per heavy atom. The van der Waals surface area contributed by atoms with E-state index in [0.29, 0.717) is 78.5 Å². The Bertz CT molecular complexity index is 2950. The molecule has 8 amide bonds. The van der Waals surface area contributed by atoms with Crippen LogP contribution >= 0.6 is 0 Å². The van der Waals surface area contributed by atoms with E-state index in [1.165, 1.54) is 18.5 Å². The zero-order valence-corrected chi connectivity index (χ0v) is 41.6. The Balaban J connectivity index is 0.977. The first-order valence-corrected chi connectivity index (χ1v) is 24.6. The number of H-pyrrole nitrogens is 1. The SMILES string of the molecule is Cc1cccc(-c2nc(CN(CCc3ccccc3)C(=O)OCc3ccc(NC(=O)[C@H](CCCNC(N)=O)NC(=O)C(NC(=O)CCCCCN4C(=O)C=CC4=O)C(C)C)cc3)[nH]c2-c2ccc3ncnn3c2)n1. The van der Waals surface area contributed by atoms with Crippen molar-refractivity contribution in [1.29, 1.82) is 0 Å². The third kappa shape index (κ3) is 14.9. The second-order valence-electron chi connectivity index (χ2n) is 18.2. The summed E-state index contributed by atoms with van der Waals surface area (Å²) < 4.78 is 7.57. The fraction of sp³-hybridized carbons (Fsp3) is 0.340. The Labute approximate surface area is 427 Å². The average molecular weight is 1010 g/mol. The molecule has 386 valence electrons. The molecule has 21 nitrogen and oxygen atoms in total. The average Bonchev–Trinajstić information content (AvgIpc) is 4.13. The van der Waals surface area contributed by atoms with Gasteiger partial charge in [0.05, 0.1) is 17.9 Å². The molecule has 2 atom stereocenters. The number of carbonyl (C=O) groups is 7. The van der Waals surface area contributed by atoms with Gasteiger partial charge in [0.2, 0.25) is 17.7 Å². The first kappa shape index (κ1) is 53.1. The molecule has 6 aromatic rings. The molecule has 0 aliphatic carbocycles. The minimum absolute atomic E-state index is 0.0825. The topological polar surface area (TPSA) is 281 Å². The molecule has 4 aromatic heterocycles. The van der Waals surface area contributed by atoms with E-state index < -0.39 is 36.0 Å². The number of nitrogens with one attached hydrogen (secondary N) is 5. The number of ether oxygens (including phenoxy) is 1. The molecule has 21 heteroatoms. The van der Waals surface area contributed by atoms with E-state index >= 15 is 0 Å². The van der Waals surface area contributed by atoms with Crippen molar-refractivity contribution in [3.63, 3.8) is 0 Å². The fourth-order valence-corrected chi connectivity index (χ4v) is 8.22. The molecule has 1 unspecified atom stereocenters. The number of pyridine rings is 2. The van der Waals surface area contributed by atoms with Crippen LogP contribution < -0.4 is 27.0 Å². The molecule has 0 fully saturated rings. The van der Waals surface area contributed by atoms with Crippen molar-refractivity contribution >= 4 is 53.0 Å². The number of carbonyl (C=O) groups excluding carboxylic acids is 7. The summed E-state index contributed by atoms with van der Waals surface area (Å²) in [6.07, 6.45) is 7.90. The molecule has 0 saturated carbocycles. The number of hydrogen-bond donors (Lipinski definition) is 6. The largest absolute Gasteiger partial charge is 0.445 e. The van der Waals surface area contributed by atoms with Crippen molar-refractivity contribution in [2.75, 3.05) is 25.0 Å². The summed E-state index contributed by atoms with van der Waals surface area (Å²) >= 11 is 0. The molecule has 2 aromatic carbocycles. The van der Waals surface area contributed by atoms with Gasteiger partial charge >= 0.3 is 12.1 Å². The van der Waals surface area contributed by atoms with Crippen LogP contribution in [0.4, 0.5) is 15.3 Å². The lowest BCUT2D eigenvalue weighted by Crippen LogP contribution is -2.54. The molecule has 0 saturated heterocycles. The highest BCUT2D eigenvalue weighted by Crippen LogP contribution is 2.30. The normalized spacial score (nSPS) is 12.9. The van der Waals surface area contributed by atoms with E-state index in [1.807, 2.05) is 73.8 Å². The van der Waals surface area contributed by atoms with Crippen LogP contribution in [-0.4, -0.2) is 113 Å². The smallest absolute Gasteiger partial charge is 0.410 e. The number of fused-ring (bicyclic) bond motifs is 1. The Hall–Kier alpha value is -8.75. The molecular weight excluding hydrogens is 947 g/mol. The van der Waals surface area contributed by atoms with Gasteiger partial charge in [0, 0.05) is 61.3 Å². The first-order chi connectivity index (χ1) is 35.7. The molecule has 5 heterocycles. The van der Waals surface area contributed by atoms with Crippen molar-refractivity contribution in [2.45, 2.75) is 91.0 Å². The van der Waals surface area contributed by atoms with Crippen molar-refractivity contribution in [3.05, 3.63) is 132 Å². The number of aryl methyl sites for hydroxylation is 1. The summed E-state index contributed by atoms with van der Waals surface area (Å²) in [5.74, 6) is -1.99. The number of benzene rings is 2. The van der Waals surface area contributed by atoms with Crippen molar-refractivity contribution in [1.82, 2.24) is 55.3 Å². The second-order valence-corrected chi connectivity index (χ2v) is 18.2. The number of urea groups is 1. The number of aromatic nitrogens is 6. The maximum atomic E-state index is 14.0. The third-order valence-corrected chi connectivity index (χ3v) is 12.2. The standard InChI is InChI=1S/C53H61N13O8/c1-34(2)47(63-44(67)17-8-5-9-28-65-45(68)24-25-46(65)69)51(71)60-41(16-11-27-55-52(54)72)50(70)59-39-21-18-37(19-22-39)32-74-53(73)64(29-26-36-13-6-4-7-14-36)31-42-61-48(38-20-23-43-56-33-57-66(43)30-38)49(62-42)40-15-10-12-35(3)58-40/h4,6-7,10,12-15,18-25,30,33-34,41,47H,5,8-9,11,16-17,26-29,31-32H2,1-3H3,(H,59,70)(H,60,71)(H,61,62)(H,63,67)(H3,54,55,72)/t41-,47?/m0/s1.